The highest BCUT2D eigenvalue weighted by Crippen LogP contribution is 2.40. The van der Waals surface area contributed by atoms with Gasteiger partial charge in [-0.15, -0.1) is 12.4 Å². The lowest BCUT2D eigenvalue weighted by Gasteiger charge is -2.36. The predicted molar refractivity (Wildman–Crippen MR) is 139 cm³/mol. The molecule has 1 unspecified atom stereocenters. The van der Waals surface area contributed by atoms with Gasteiger partial charge in [0.2, 0.25) is 5.91 Å². The normalized spacial score (nSPS) is 22.1. The third-order valence-corrected chi connectivity index (χ3v) is 7.50. The molecule has 1 aliphatic carbocycles. The number of carbonyl (C=O) groups is 2. The standard InChI is InChI=1S/C27H34N4O3.ClH/c1-17-12-20(24-22(16-34-3)15-29-26(24)32)6-7-23(17)27(33)31-10-8-30(9-11-31)25-18(2)13-21(14-28-25)19-4-5-19;/h6-7,12-14,19,22,24H,4-5,8-11,15-16H2,1-3H3,(H,29,32);1H/t22?,24-;/m0./s1. The number of nitrogens with one attached hydrogen (secondary N) is 1. The van der Waals surface area contributed by atoms with Crippen molar-refractivity contribution in [3.05, 3.63) is 58.3 Å². The van der Waals surface area contributed by atoms with E-state index in [2.05, 4.69) is 23.2 Å². The minimum Gasteiger partial charge on any atom is -0.384 e. The summed E-state index contributed by atoms with van der Waals surface area (Å²) in [7, 11) is 1.66. The Morgan fingerprint density at radius 3 is 2.43 bits per heavy atom. The van der Waals surface area contributed by atoms with E-state index in [0.717, 1.165) is 30.0 Å². The van der Waals surface area contributed by atoms with Crippen molar-refractivity contribution < 1.29 is 14.3 Å². The van der Waals surface area contributed by atoms with Crippen LogP contribution in [0.3, 0.4) is 0 Å². The second kappa shape index (κ2) is 10.5. The van der Waals surface area contributed by atoms with Crippen molar-refractivity contribution in [2.75, 3.05) is 51.3 Å². The predicted octanol–water partition coefficient (Wildman–Crippen LogP) is 3.44. The molecule has 2 aliphatic heterocycles. The second-order valence-corrected chi connectivity index (χ2v) is 9.98. The molecule has 3 heterocycles. The molecule has 7 nitrogen and oxygen atoms in total. The summed E-state index contributed by atoms with van der Waals surface area (Å²) in [6.45, 7) is 8.15. The van der Waals surface area contributed by atoms with E-state index in [0.29, 0.717) is 37.7 Å². The molecule has 2 aromatic rings. The molecule has 3 fully saturated rings. The van der Waals surface area contributed by atoms with E-state index in [1.807, 2.05) is 36.2 Å². The van der Waals surface area contributed by atoms with E-state index in [-0.39, 0.29) is 36.1 Å². The van der Waals surface area contributed by atoms with Crippen LogP contribution in [-0.4, -0.2) is 68.1 Å². The van der Waals surface area contributed by atoms with Crippen molar-refractivity contribution in [3.8, 4) is 0 Å². The Kier molecular flexibility index (Phi) is 7.67. The number of hydrogen-bond donors (Lipinski definition) is 1. The van der Waals surface area contributed by atoms with E-state index in [1.165, 1.54) is 24.0 Å². The molecule has 188 valence electrons. The van der Waals surface area contributed by atoms with Gasteiger partial charge in [0.05, 0.1) is 12.5 Å². The summed E-state index contributed by atoms with van der Waals surface area (Å²) in [4.78, 5) is 34.7. The van der Waals surface area contributed by atoms with Crippen LogP contribution in [0.15, 0.2) is 30.5 Å². The van der Waals surface area contributed by atoms with Crippen LogP contribution >= 0.6 is 12.4 Å². The van der Waals surface area contributed by atoms with Crippen molar-refractivity contribution in [2.24, 2.45) is 5.92 Å². The number of amides is 2. The lowest BCUT2D eigenvalue weighted by Crippen LogP contribution is -2.49. The number of halogens is 1. The molecule has 35 heavy (non-hydrogen) atoms. The Morgan fingerprint density at radius 2 is 1.80 bits per heavy atom. The highest BCUT2D eigenvalue weighted by Gasteiger charge is 2.36. The SMILES string of the molecule is COCC1CNC(=O)[C@H]1c1ccc(C(=O)N2CCN(c3ncc(C4CC4)cc3C)CC2)c(C)c1.Cl. The molecule has 2 atom stereocenters. The summed E-state index contributed by atoms with van der Waals surface area (Å²) in [6, 6.07) is 8.10. The van der Waals surface area contributed by atoms with Gasteiger partial charge in [0, 0.05) is 57.5 Å². The highest BCUT2D eigenvalue weighted by molar-refractivity contribution is 5.96. The maximum absolute atomic E-state index is 13.3. The first-order valence-corrected chi connectivity index (χ1v) is 12.3. The van der Waals surface area contributed by atoms with Gasteiger partial charge in [-0.05, 0) is 60.9 Å². The molecule has 8 heteroatoms. The van der Waals surface area contributed by atoms with E-state index >= 15 is 0 Å². The summed E-state index contributed by atoms with van der Waals surface area (Å²) in [5.74, 6) is 1.72. The largest absolute Gasteiger partial charge is 0.384 e. The van der Waals surface area contributed by atoms with Crippen LogP contribution in [-0.2, 0) is 9.53 Å². The van der Waals surface area contributed by atoms with Crippen molar-refractivity contribution in [1.29, 1.82) is 0 Å². The number of ether oxygens (including phenoxy) is 1. The van der Waals surface area contributed by atoms with E-state index in [4.69, 9.17) is 9.72 Å². The molecule has 1 saturated carbocycles. The fourth-order valence-corrected chi connectivity index (χ4v) is 5.44. The Bertz CT molecular complexity index is 1100. The number of aryl methyl sites for hydroxylation is 2. The van der Waals surface area contributed by atoms with Crippen LogP contribution in [0.5, 0.6) is 0 Å². The maximum Gasteiger partial charge on any atom is 0.254 e. The molecular formula is C27H35ClN4O3. The minimum absolute atomic E-state index is 0. The Balaban J connectivity index is 0.00000289. The van der Waals surface area contributed by atoms with E-state index < -0.39 is 0 Å². The second-order valence-electron chi connectivity index (χ2n) is 9.98. The van der Waals surface area contributed by atoms with E-state index in [9.17, 15) is 9.59 Å². The first kappa shape index (κ1) is 25.5. The Morgan fingerprint density at radius 1 is 1.09 bits per heavy atom. The minimum atomic E-state index is -0.228. The molecule has 1 aromatic carbocycles. The molecule has 1 N–H and O–H groups in total. The quantitative estimate of drug-likeness (QED) is 0.660. The zero-order valence-corrected chi connectivity index (χ0v) is 21.6. The van der Waals surface area contributed by atoms with Crippen LogP contribution in [0.4, 0.5) is 5.82 Å². The van der Waals surface area contributed by atoms with Crippen LogP contribution in [0.1, 0.15) is 57.3 Å². The van der Waals surface area contributed by atoms with Crippen molar-refractivity contribution >= 4 is 30.0 Å². The summed E-state index contributed by atoms with van der Waals surface area (Å²) in [5.41, 5.74) is 5.15. The van der Waals surface area contributed by atoms with Gasteiger partial charge in [-0.25, -0.2) is 4.98 Å². The van der Waals surface area contributed by atoms with Gasteiger partial charge in [-0.2, -0.15) is 0 Å². The third kappa shape index (κ3) is 5.16. The number of benzene rings is 1. The number of nitrogens with zero attached hydrogens (tertiary/aromatic N) is 3. The smallest absolute Gasteiger partial charge is 0.254 e. The number of piperazine rings is 1. The van der Waals surface area contributed by atoms with Crippen LogP contribution in [0, 0.1) is 19.8 Å². The molecule has 2 saturated heterocycles. The van der Waals surface area contributed by atoms with Gasteiger partial charge in [0.15, 0.2) is 0 Å². The maximum atomic E-state index is 13.3. The third-order valence-electron chi connectivity index (χ3n) is 7.50. The molecule has 5 rings (SSSR count). The fraction of sp³-hybridized carbons (Fsp3) is 0.519. The average Bonchev–Trinajstić information content (AvgIpc) is 3.62. The summed E-state index contributed by atoms with van der Waals surface area (Å²) < 4.78 is 5.30. The monoisotopic (exact) mass is 498 g/mol. The molecule has 0 spiro atoms. The number of aromatic nitrogens is 1. The fourth-order valence-electron chi connectivity index (χ4n) is 5.44. The van der Waals surface area contributed by atoms with Gasteiger partial charge in [0.1, 0.15) is 5.82 Å². The lowest BCUT2D eigenvalue weighted by atomic mass is 9.87. The first-order valence-electron chi connectivity index (χ1n) is 12.3. The number of pyridine rings is 1. The Labute approximate surface area is 213 Å². The zero-order chi connectivity index (χ0) is 23.8. The number of anilines is 1. The first-order chi connectivity index (χ1) is 16.5. The molecule has 0 radical (unpaired) electrons. The van der Waals surface area contributed by atoms with Gasteiger partial charge in [-0.3, -0.25) is 9.59 Å². The van der Waals surface area contributed by atoms with Crippen LogP contribution in [0.2, 0.25) is 0 Å². The van der Waals surface area contributed by atoms with Gasteiger partial charge in [-0.1, -0.05) is 18.2 Å². The molecule has 1 aromatic heterocycles. The van der Waals surface area contributed by atoms with Crippen LogP contribution < -0.4 is 10.2 Å². The van der Waals surface area contributed by atoms with Crippen molar-refractivity contribution in [2.45, 2.75) is 38.5 Å². The number of carbonyl (C=O) groups excluding carboxylic acids is 2. The number of methoxy groups -OCH3 is 1. The molecule has 0 bridgehead atoms. The summed E-state index contributed by atoms with van der Waals surface area (Å²) in [6.07, 6.45) is 4.59. The molecule has 2 amide bonds. The molecular weight excluding hydrogens is 464 g/mol. The summed E-state index contributed by atoms with van der Waals surface area (Å²) >= 11 is 0. The van der Waals surface area contributed by atoms with Crippen molar-refractivity contribution in [1.82, 2.24) is 15.2 Å². The highest BCUT2D eigenvalue weighted by atomic mass is 35.5. The topological polar surface area (TPSA) is 74.8 Å². The van der Waals surface area contributed by atoms with E-state index in [1.54, 1.807) is 7.11 Å². The summed E-state index contributed by atoms with van der Waals surface area (Å²) in [5, 5.41) is 2.94. The molecule has 3 aliphatic rings. The lowest BCUT2D eigenvalue weighted by molar-refractivity contribution is -0.120. The van der Waals surface area contributed by atoms with Crippen molar-refractivity contribution in [3.63, 3.8) is 0 Å². The number of hydrogen-bond acceptors (Lipinski definition) is 5. The Hall–Kier alpha value is -2.64. The van der Waals surface area contributed by atoms with Crippen LogP contribution in [0.25, 0.3) is 0 Å². The number of rotatable bonds is 6. The van der Waals surface area contributed by atoms with Gasteiger partial charge >= 0.3 is 0 Å². The zero-order valence-electron chi connectivity index (χ0n) is 20.8. The average molecular weight is 499 g/mol. The van der Waals surface area contributed by atoms with Gasteiger partial charge in [0.25, 0.3) is 5.91 Å². The van der Waals surface area contributed by atoms with Gasteiger partial charge < -0.3 is 19.9 Å².